The predicted molar refractivity (Wildman–Crippen MR) is 105 cm³/mol. The highest BCUT2D eigenvalue weighted by Crippen LogP contribution is 2.28. The molecular formula is C19H29N3O3S. The minimum Gasteiger partial charge on any atom is -0.464 e. The highest BCUT2D eigenvalue weighted by Gasteiger charge is 2.36. The van der Waals surface area contributed by atoms with E-state index >= 15 is 0 Å². The summed E-state index contributed by atoms with van der Waals surface area (Å²) >= 11 is 1.39. The first kappa shape index (κ1) is 20.4. The zero-order chi connectivity index (χ0) is 19.3. The fraction of sp³-hybridized carbons (Fsp3) is 0.632. The van der Waals surface area contributed by atoms with Crippen LogP contribution in [0.25, 0.3) is 10.2 Å². The van der Waals surface area contributed by atoms with Crippen LogP contribution in [0.15, 0.2) is 6.07 Å². The second kappa shape index (κ2) is 8.66. The molecule has 0 radical (unpaired) electrons. The van der Waals surface area contributed by atoms with E-state index in [-0.39, 0.29) is 11.9 Å². The van der Waals surface area contributed by atoms with E-state index in [4.69, 9.17) is 4.74 Å². The molecule has 2 aromatic rings. The molecule has 26 heavy (non-hydrogen) atoms. The number of rotatable bonds is 9. The first-order chi connectivity index (χ1) is 12.3. The van der Waals surface area contributed by atoms with Crippen LogP contribution >= 0.6 is 11.3 Å². The van der Waals surface area contributed by atoms with Gasteiger partial charge in [-0.3, -0.25) is 9.48 Å². The SMILES string of the molecule is CCCCCCC(C)(NC(=O)c1cc2c(C)nn(C)c2s1)C(=O)OCC. The number of ether oxygens (including phenoxy) is 1. The van der Waals surface area contributed by atoms with Gasteiger partial charge in [-0.2, -0.15) is 5.10 Å². The maximum absolute atomic E-state index is 12.8. The van der Waals surface area contributed by atoms with Crippen LogP contribution in [-0.2, 0) is 16.6 Å². The summed E-state index contributed by atoms with van der Waals surface area (Å²) < 4.78 is 7.00. The minimum absolute atomic E-state index is 0.239. The maximum Gasteiger partial charge on any atom is 0.331 e. The summed E-state index contributed by atoms with van der Waals surface area (Å²) in [6.45, 7) is 7.90. The molecule has 2 rings (SSSR count). The number of nitrogens with one attached hydrogen (secondary N) is 1. The summed E-state index contributed by atoms with van der Waals surface area (Å²) in [4.78, 5) is 26.8. The van der Waals surface area contributed by atoms with E-state index in [0.29, 0.717) is 17.9 Å². The number of carbonyl (C=O) groups is 2. The molecule has 2 aromatic heterocycles. The number of thiophene rings is 1. The molecule has 0 saturated heterocycles. The van der Waals surface area contributed by atoms with Crippen LogP contribution in [0, 0.1) is 6.92 Å². The predicted octanol–water partition coefficient (Wildman–Crippen LogP) is 3.97. The lowest BCUT2D eigenvalue weighted by atomic mass is 9.93. The van der Waals surface area contributed by atoms with Crippen molar-refractivity contribution in [2.45, 2.75) is 65.3 Å². The van der Waals surface area contributed by atoms with Crippen molar-refractivity contribution in [2.24, 2.45) is 7.05 Å². The zero-order valence-electron chi connectivity index (χ0n) is 16.3. The van der Waals surface area contributed by atoms with Gasteiger partial charge in [0.1, 0.15) is 10.4 Å². The van der Waals surface area contributed by atoms with E-state index < -0.39 is 5.54 Å². The number of hydrogen-bond donors (Lipinski definition) is 1. The van der Waals surface area contributed by atoms with Crippen LogP contribution in [0.3, 0.4) is 0 Å². The molecule has 0 aromatic carbocycles. The third kappa shape index (κ3) is 4.44. The number of hydrogen-bond acceptors (Lipinski definition) is 5. The number of aromatic nitrogens is 2. The van der Waals surface area contributed by atoms with Gasteiger partial charge in [0.05, 0.1) is 17.2 Å². The lowest BCUT2D eigenvalue weighted by Gasteiger charge is -2.28. The van der Waals surface area contributed by atoms with Gasteiger partial charge in [0.25, 0.3) is 5.91 Å². The number of nitrogens with zero attached hydrogens (tertiary/aromatic N) is 2. The number of aryl methyl sites for hydroxylation is 2. The fourth-order valence-electron chi connectivity index (χ4n) is 3.04. The van der Waals surface area contributed by atoms with Gasteiger partial charge in [-0.05, 0) is 33.3 Å². The molecule has 0 aliphatic carbocycles. The van der Waals surface area contributed by atoms with Gasteiger partial charge in [-0.1, -0.05) is 32.6 Å². The van der Waals surface area contributed by atoms with Crippen molar-refractivity contribution in [3.63, 3.8) is 0 Å². The summed E-state index contributed by atoms with van der Waals surface area (Å²) in [5.74, 6) is -0.611. The zero-order valence-corrected chi connectivity index (χ0v) is 17.2. The molecule has 1 atom stereocenters. The third-order valence-electron chi connectivity index (χ3n) is 4.57. The number of carbonyl (C=O) groups excluding carboxylic acids is 2. The Morgan fingerprint density at radius 1 is 1.31 bits per heavy atom. The summed E-state index contributed by atoms with van der Waals surface area (Å²) in [5.41, 5.74) is -0.116. The number of fused-ring (bicyclic) bond motifs is 1. The molecule has 6 nitrogen and oxygen atoms in total. The van der Waals surface area contributed by atoms with Crippen molar-refractivity contribution < 1.29 is 14.3 Å². The smallest absolute Gasteiger partial charge is 0.331 e. The normalized spacial score (nSPS) is 13.6. The summed E-state index contributed by atoms with van der Waals surface area (Å²) in [7, 11) is 1.87. The van der Waals surface area contributed by atoms with Gasteiger partial charge in [0.2, 0.25) is 0 Å². The number of esters is 1. The van der Waals surface area contributed by atoms with Crippen LogP contribution in [0.4, 0.5) is 0 Å². The van der Waals surface area contributed by atoms with Crippen LogP contribution in [0.2, 0.25) is 0 Å². The third-order valence-corrected chi connectivity index (χ3v) is 5.77. The second-order valence-corrected chi connectivity index (χ2v) is 7.89. The van der Waals surface area contributed by atoms with Crippen molar-refractivity contribution in [1.29, 1.82) is 0 Å². The summed E-state index contributed by atoms with van der Waals surface area (Å²) in [5, 5.41) is 8.26. The van der Waals surface area contributed by atoms with Gasteiger partial charge >= 0.3 is 5.97 Å². The van der Waals surface area contributed by atoms with Crippen molar-refractivity contribution in [1.82, 2.24) is 15.1 Å². The molecule has 7 heteroatoms. The van der Waals surface area contributed by atoms with E-state index in [2.05, 4.69) is 17.3 Å². The Bertz CT molecular complexity index is 746. The van der Waals surface area contributed by atoms with Gasteiger partial charge in [0.15, 0.2) is 0 Å². The molecule has 0 aliphatic rings. The topological polar surface area (TPSA) is 73.2 Å². The maximum atomic E-state index is 12.8. The average Bonchev–Trinajstić information content (AvgIpc) is 3.14. The monoisotopic (exact) mass is 379 g/mol. The van der Waals surface area contributed by atoms with Crippen molar-refractivity contribution in [3.05, 3.63) is 16.6 Å². The average molecular weight is 380 g/mol. The lowest BCUT2D eigenvalue weighted by molar-refractivity contribution is -0.150. The Morgan fingerprint density at radius 2 is 2.04 bits per heavy atom. The molecule has 0 spiro atoms. The van der Waals surface area contributed by atoms with Crippen molar-refractivity contribution in [3.8, 4) is 0 Å². The van der Waals surface area contributed by atoms with E-state index in [1.54, 1.807) is 18.5 Å². The van der Waals surface area contributed by atoms with Gasteiger partial charge < -0.3 is 10.1 Å². The molecule has 0 saturated carbocycles. The Balaban J connectivity index is 2.17. The Hall–Kier alpha value is -1.89. The van der Waals surface area contributed by atoms with Crippen LogP contribution < -0.4 is 5.32 Å². The molecular weight excluding hydrogens is 350 g/mol. The van der Waals surface area contributed by atoms with Crippen LogP contribution in [0.1, 0.15) is 68.2 Å². The molecule has 1 N–H and O–H groups in total. The number of amides is 1. The fourth-order valence-corrected chi connectivity index (χ4v) is 4.06. The van der Waals surface area contributed by atoms with E-state index in [1.165, 1.54) is 11.3 Å². The van der Waals surface area contributed by atoms with Crippen molar-refractivity contribution >= 4 is 33.4 Å². The quantitative estimate of drug-likeness (QED) is 0.528. The lowest BCUT2D eigenvalue weighted by Crippen LogP contribution is -2.53. The Kier molecular flexibility index (Phi) is 6.81. The highest BCUT2D eigenvalue weighted by molar-refractivity contribution is 7.20. The first-order valence-electron chi connectivity index (χ1n) is 9.25. The Morgan fingerprint density at radius 3 is 2.65 bits per heavy atom. The van der Waals surface area contributed by atoms with Crippen LogP contribution in [0.5, 0.6) is 0 Å². The van der Waals surface area contributed by atoms with Gasteiger partial charge in [-0.15, -0.1) is 11.3 Å². The van der Waals surface area contributed by atoms with E-state index in [1.807, 2.05) is 20.0 Å². The highest BCUT2D eigenvalue weighted by atomic mass is 32.1. The second-order valence-electron chi connectivity index (χ2n) is 6.86. The van der Waals surface area contributed by atoms with Crippen LogP contribution in [-0.4, -0.2) is 33.8 Å². The molecule has 1 unspecified atom stereocenters. The van der Waals surface area contributed by atoms with Gasteiger partial charge in [-0.25, -0.2) is 4.79 Å². The van der Waals surface area contributed by atoms with E-state index in [9.17, 15) is 9.59 Å². The number of unbranched alkanes of at least 4 members (excludes halogenated alkanes) is 3. The largest absolute Gasteiger partial charge is 0.464 e. The molecule has 1 amide bonds. The van der Waals surface area contributed by atoms with Gasteiger partial charge in [0, 0.05) is 12.4 Å². The molecule has 0 fully saturated rings. The molecule has 0 bridgehead atoms. The first-order valence-corrected chi connectivity index (χ1v) is 10.1. The molecule has 2 heterocycles. The van der Waals surface area contributed by atoms with Crippen molar-refractivity contribution in [2.75, 3.05) is 6.61 Å². The Labute approximate surface area is 158 Å². The summed E-state index contributed by atoms with van der Waals surface area (Å²) in [6, 6.07) is 1.85. The minimum atomic E-state index is -1.01. The molecule has 0 aliphatic heterocycles. The molecule has 144 valence electrons. The van der Waals surface area contributed by atoms with E-state index in [0.717, 1.165) is 41.6 Å². The standard InChI is InChI=1S/C19H29N3O3S/c1-6-8-9-10-11-19(4,18(24)25-7-2)20-16(23)15-12-14-13(3)21-22(5)17(14)26-15/h12H,6-11H2,1-5H3,(H,20,23). The summed E-state index contributed by atoms with van der Waals surface area (Å²) in [6.07, 6.45) is 4.73.